The molecule has 14 heavy (non-hydrogen) atoms. The van der Waals surface area contributed by atoms with Crippen molar-refractivity contribution in [3.63, 3.8) is 0 Å². The van der Waals surface area contributed by atoms with Gasteiger partial charge in [-0.05, 0) is 42.1 Å². The summed E-state index contributed by atoms with van der Waals surface area (Å²) in [6, 6.07) is 3.88. The molecule has 3 heteroatoms. The Morgan fingerprint density at radius 3 is 2.93 bits per heavy atom. The van der Waals surface area contributed by atoms with Crippen LogP contribution in [0.25, 0.3) is 0 Å². The summed E-state index contributed by atoms with van der Waals surface area (Å²) in [6.07, 6.45) is 0.996. The number of benzene rings is 1. The van der Waals surface area contributed by atoms with Crippen molar-refractivity contribution in [3.05, 3.63) is 33.3 Å². The minimum Gasteiger partial charge on any atom is -0.316 e. The zero-order valence-corrected chi connectivity index (χ0v) is 9.62. The molecule has 0 amide bonds. The van der Waals surface area contributed by atoms with E-state index in [4.69, 9.17) is 23.2 Å². The lowest BCUT2D eigenvalue weighted by Crippen LogP contribution is -2.18. The lowest BCUT2D eigenvalue weighted by Gasteiger charge is -2.13. The molecule has 0 saturated heterocycles. The van der Waals surface area contributed by atoms with Gasteiger partial charge in [0.05, 0.1) is 0 Å². The van der Waals surface area contributed by atoms with E-state index in [0.717, 1.165) is 29.6 Å². The minimum absolute atomic E-state index is 0.490. The summed E-state index contributed by atoms with van der Waals surface area (Å²) in [4.78, 5) is 0. The van der Waals surface area contributed by atoms with E-state index in [2.05, 4.69) is 12.2 Å². The summed E-state index contributed by atoms with van der Waals surface area (Å²) < 4.78 is 0. The molecule has 1 N–H and O–H groups in total. The monoisotopic (exact) mass is 229 g/mol. The van der Waals surface area contributed by atoms with Crippen molar-refractivity contribution in [2.45, 2.75) is 19.3 Å². The van der Waals surface area contributed by atoms with Crippen LogP contribution in [-0.2, 0) is 6.42 Å². The molecule has 1 nitrogen and oxygen atoms in total. The Hall–Kier alpha value is -0.240. The lowest BCUT2D eigenvalue weighted by atomic mass is 9.95. The number of nitrogens with one attached hydrogen (secondary N) is 1. The van der Waals surface area contributed by atoms with Crippen LogP contribution in [0.3, 0.4) is 0 Å². The first-order valence-corrected chi connectivity index (χ1v) is 5.62. The quantitative estimate of drug-likeness (QED) is 0.721. The highest BCUT2D eigenvalue weighted by atomic mass is 35.5. The van der Waals surface area contributed by atoms with Crippen molar-refractivity contribution in [3.8, 4) is 0 Å². The van der Waals surface area contributed by atoms with Crippen LogP contribution >= 0.6 is 23.2 Å². The average Bonchev–Trinajstić information content (AvgIpc) is 2.29. The fraction of sp³-hybridized carbons (Fsp3) is 0.455. The average molecular weight is 230 g/mol. The largest absolute Gasteiger partial charge is 0.316 e. The summed E-state index contributed by atoms with van der Waals surface area (Å²) in [6.45, 7) is 4.20. The summed E-state index contributed by atoms with van der Waals surface area (Å²) in [7, 11) is 0. The summed E-state index contributed by atoms with van der Waals surface area (Å²) in [5.41, 5.74) is 2.56. The molecule has 1 aliphatic heterocycles. The molecular formula is C11H13Cl2N. The van der Waals surface area contributed by atoms with Gasteiger partial charge in [0.15, 0.2) is 0 Å². The van der Waals surface area contributed by atoms with E-state index in [1.807, 2.05) is 12.1 Å². The number of hydrogen-bond acceptors (Lipinski definition) is 1. The molecule has 1 aromatic carbocycles. The zero-order valence-electron chi connectivity index (χ0n) is 8.11. The second-order valence-corrected chi connectivity index (χ2v) is 4.65. The highest BCUT2D eigenvalue weighted by Crippen LogP contribution is 2.31. The molecule has 1 heterocycles. The molecule has 0 aliphatic carbocycles. The Morgan fingerprint density at radius 2 is 2.14 bits per heavy atom. The lowest BCUT2D eigenvalue weighted by molar-refractivity contribution is 0.644. The van der Waals surface area contributed by atoms with Crippen molar-refractivity contribution >= 4 is 23.2 Å². The van der Waals surface area contributed by atoms with Gasteiger partial charge in [0.25, 0.3) is 0 Å². The normalized spacial score (nSPS) is 21.5. The predicted molar refractivity (Wildman–Crippen MR) is 61.5 cm³/mol. The van der Waals surface area contributed by atoms with E-state index in [1.54, 1.807) is 0 Å². The first-order chi connectivity index (χ1) is 6.68. The molecule has 0 aromatic heterocycles. The second kappa shape index (κ2) is 4.09. The van der Waals surface area contributed by atoms with Crippen LogP contribution in [0.2, 0.25) is 10.0 Å². The van der Waals surface area contributed by atoms with Crippen molar-refractivity contribution in [1.29, 1.82) is 0 Å². The third-order valence-electron chi connectivity index (χ3n) is 2.73. The molecular weight excluding hydrogens is 217 g/mol. The van der Waals surface area contributed by atoms with Gasteiger partial charge in [0, 0.05) is 16.6 Å². The standard InChI is InChI=1S/C11H13Cl2N/c1-7-6-14-3-2-9-10(7)4-8(12)5-11(9)13/h4-5,7,14H,2-3,6H2,1H3/t7-/m0/s1. The number of fused-ring (bicyclic) bond motifs is 1. The summed E-state index contributed by atoms with van der Waals surface area (Å²) in [5.74, 6) is 0.490. The van der Waals surface area contributed by atoms with Crippen molar-refractivity contribution in [2.24, 2.45) is 0 Å². The van der Waals surface area contributed by atoms with E-state index in [-0.39, 0.29) is 0 Å². The first kappa shape index (κ1) is 10.3. The van der Waals surface area contributed by atoms with Crippen LogP contribution in [-0.4, -0.2) is 13.1 Å². The third-order valence-corrected chi connectivity index (χ3v) is 3.28. The van der Waals surface area contributed by atoms with Gasteiger partial charge < -0.3 is 5.32 Å². The van der Waals surface area contributed by atoms with Gasteiger partial charge in [-0.2, -0.15) is 0 Å². The predicted octanol–water partition coefficient (Wildman–Crippen LogP) is 3.24. The van der Waals surface area contributed by atoms with Gasteiger partial charge >= 0.3 is 0 Å². The fourth-order valence-electron chi connectivity index (χ4n) is 1.97. The highest BCUT2D eigenvalue weighted by Gasteiger charge is 2.17. The second-order valence-electron chi connectivity index (χ2n) is 3.81. The fourth-order valence-corrected chi connectivity index (χ4v) is 2.57. The van der Waals surface area contributed by atoms with Gasteiger partial charge in [-0.1, -0.05) is 30.1 Å². The molecule has 1 aliphatic rings. The molecule has 1 atom stereocenters. The molecule has 0 fully saturated rings. The van der Waals surface area contributed by atoms with E-state index in [0.29, 0.717) is 5.92 Å². The number of halogens is 2. The Morgan fingerprint density at radius 1 is 1.36 bits per heavy atom. The maximum atomic E-state index is 6.17. The third kappa shape index (κ3) is 1.90. The zero-order chi connectivity index (χ0) is 10.1. The van der Waals surface area contributed by atoms with E-state index in [9.17, 15) is 0 Å². The van der Waals surface area contributed by atoms with Crippen LogP contribution in [0, 0.1) is 0 Å². The molecule has 0 bridgehead atoms. The van der Waals surface area contributed by atoms with Gasteiger partial charge in [-0.3, -0.25) is 0 Å². The summed E-state index contributed by atoms with van der Waals surface area (Å²) in [5, 5.41) is 4.94. The molecule has 0 spiro atoms. The Labute approximate surface area is 94.4 Å². The minimum atomic E-state index is 0.490. The molecule has 2 rings (SSSR count). The molecule has 0 radical (unpaired) electrons. The van der Waals surface area contributed by atoms with E-state index >= 15 is 0 Å². The molecule has 0 saturated carbocycles. The molecule has 76 valence electrons. The van der Waals surface area contributed by atoms with Crippen LogP contribution in [0.4, 0.5) is 0 Å². The smallest absolute Gasteiger partial charge is 0.0456 e. The first-order valence-electron chi connectivity index (χ1n) is 4.87. The van der Waals surface area contributed by atoms with Crippen molar-refractivity contribution < 1.29 is 0 Å². The van der Waals surface area contributed by atoms with Crippen LogP contribution in [0.5, 0.6) is 0 Å². The number of hydrogen-bond donors (Lipinski definition) is 1. The molecule has 1 aromatic rings. The van der Waals surface area contributed by atoms with Gasteiger partial charge in [-0.15, -0.1) is 0 Å². The van der Waals surface area contributed by atoms with Gasteiger partial charge in [0.1, 0.15) is 0 Å². The Kier molecular flexibility index (Phi) is 3.01. The van der Waals surface area contributed by atoms with E-state index in [1.165, 1.54) is 11.1 Å². The van der Waals surface area contributed by atoms with Gasteiger partial charge in [0.2, 0.25) is 0 Å². The van der Waals surface area contributed by atoms with E-state index < -0.39 is 0 Å². The van der Waals surface area contributed by atoms with Gasteiger partial charge in [-0.25, -0.2) is 0 Å². The topological polar surface area (TPSA) is 12.0 Å². The SMILES string of the molecule is C[C@H]1CNCCc2c(Cl)cc(Cl)cc21. The summed E-state index contributed by atoms with van der Waals surface area (Å²) >= 11 is 12.2. The van der Waals surface area contributed by atoms with Crippen LogP contribution in [0.1, 0.15) is 24.0 Å². The van der Waals surface area contributed by atoms with Crippen LogP contribution in [0.15, 0.2) is 12.1 Å². The Bertz CT molecular complexity index is 349. The van der Waals surface area contributed by atoms with Crippen LogP contribution < -0.4 is 5.32 Å². The van der Waals surface area contributed by atoms with Crippen molar-refractivity contribution in [2.75, 3.05) is 13.1 Å². The number of rotatable bonds is 0. The van der Waals surface area contributed by atoms with Crippen molar-refractivity contribution in [1.82, 2.24) is 5.32 Å². The highest BCUT2D eigenvalue weighted by molar-refractivity contribution is 6.35. The maximum absolute atomic E-state index is 6.17. The Balaban J connectivity index is 2.53. The maximum Gasteiger partial charge on any atom is 0.0456 e. The molecule has 0 unspecified atom stereocenters.